The number of aliphatic carboxylic acids is 1. The lowest BCUT2D eigenvalue weighted by Gasteiger charge is -2.00. The van der Waals surface area contributed by atoms with Crippen molar-refractivity contribution >= 4 is 17.3 Å². The normalized spacial score (nSPS) is 12.8. The molecule has 0 bridgehead atoms. The Bertz CT molecular complexity index is 300. The predicted octanol–water partition coefficient (Wildman–Crippen LogP) is 0.0549. The van der Waals surface area contributed by atoms with Gasteiger partial charge in [-0.15, -0.1) is 21.5 Å². The number of carboxylic acid groups (broad SMARTS) is 1. The number of rotatable bonds is 4. The molecule has 1 heterocycles. The summed E-state index contributed by atoms with van der Waals surface area (Å²) in [6.45, 7) is 1.97. The van der Waals surface area contributed by atoms with E-state index in [4.69, 9.17) is 10.8 Å². The highest BCUT2D eigenvalue weighted by atomic mass is 32.1. The highest BCUT2D eigenvalue weighted by molar-refractivity contribution is 7.11. The summed E-state index contributed by atoms with van der Waals surface area (Å²) in [5.41, 5.74) is 5.34. The molecule has 0 aromatic carbocycles. The van der Waals surface area contributed by atoms with Crippen molar-refractivity contribution in [1.82, 2.24) is 10.2 Å². The van der Waals surface area contributed by atoms with Crippen LogP contribution in [-0.4, -0.2) is 27.3 Å². The fourth-order valence-corrected chi connectivity index (χ4v) is 1.63. The van der Waals surface area contributed by atoms with Gasteiger partial charge < -0.3 is 10.8 Å². The van der Waals surface area contributed by atoms with E-state index >= 15 is 0 Å². The lowest BCUT2D eigenvalue weighted by molar-refractivity contribution is -0.138. The molecular formula is C7H11N3O2S. The van der Waals surface area contributed by atoms with Gasteiger partial charge in [0.15, 0.2) is 0 Å². The van der Waals surface area contributed by atoms with Crippen molar-refractivity contribution < 1.29 is 9.90 Å². The fraction of sp³-hybridized carbons (Fsp3) is 0.571. The van der Waals surface area contributed by atoms with Gasteiger partial charge >= 0.3 is 5.97 Å². The summed E-state index contributed by atoms with van der Waals surface area (Å²) in [7, 11) is 0. The lowest BCUT2D eigenvalue weighted by atomic mass is 10.2. The summed E-state index contributed by atoms with van der Waals surface area (Å²) >= 11 is 1.41. The Labute approximate surface area is 79.6 Å². The Morgan fingerprint density at radius 1 is 1.62 bits per heavy atom. The zero-order valence-electron chi connectivity index (χ0n) is 7.23. The zero-order chi connectivity index (χ0) is 9.84. The Balaban J connectivity index is 2.58. The average Bonchev–Trinajstić information content (AvgIpc) is 2.52. The molecule has 1 rings (SSSR count). The highest BCUT2D eigenvalue weighted by Crippen LogP contribution is 2.11. The Hall–Kier alpha value is -1.01. The molecule has 3 N–H and O–H groups in total. The minimum Gasteiger partial charge on any atom is -0.480 e. The van der Waals surface area contributed by atoms with Crippen molar-refractivity contribution in [3.63, 3.8) is 0 Å². The van der Waals surface area contributed by atoms with Crippen molar-refractivity contribution in [3.8, 4) is 0 Å². The molecule has 0 aliphatic heterocycles. The standard InChI is InChI=1S/C7H11N3O2S/c1-2-5-9-10-6(13-5)3-4(8)7(11)12/h4H,2-3,8H2,1H3,(H,11,12)/t4-/m1/s1. The molecule has 6 heteroatoms. The van der Waals surface area contributed by atoms with E-state index in [1.54, 1.807) is 0 Å². The number of aryl methyl sites for hydroxylation is 1. The van der Waals surface area contributed by atoms with Crippen molar-refractivity contribution in [1.29, 1.82) is 0 Å². The number of carbonyl (C=O) groups is 1. The van der Waals surface area contributed by atoms with Crippen LogP contribution in [0.4, 0.5) is 0 Å². The summed E-state index contributed by atoms with van der Waals surface area (Å²) in [5, 5.41) is 17.8. The van der Waals surface area contributed by atoms with Crippen LogP contribution in [-0.2, 0) is 17.6 Å². The summed E-state index contributed by atoms with van der Waals surface area (Å²) in [6, 6.07) is -0.877. The van der Waals surface area contributed by atoms with Crippen LogP contribution in [0.3, 0.4) is 0 Å². The van der Waals surface area contributed by atoms with Crippen LogP contribution in [0.2, 0.25) is 0 Å². The van der Waals surface area contributed by atoms with Crippen LogP contribution in [0.1, 0.15) is 16.9 Å². The van der Waals surface area contributed by atoms with E-state index in [0.717, 1.165) is 11.4 Å². The second-order valence-electron chi connectivity index (χ2n) is 2.59. The Kier molecular flexibility index (Phi) is 3.32. The summed E-state index contributed by atoms with van der Waals surface area (Å²) < 4.78 is 0. The SMILES string of the molecule is CCc1nnc(C[C@@H](N)C(=O)O)s1. The monoisotopic (exact) mass is 201 g/mol. The predicted molar refractivity (Wildman–Crippen MR) is 48.6 cm³/mol. The molecule has 0 aliphatic carbocycles. The molecule has 0 unspecified atom stereocenters. The molecular weight excluding hydrogens is 190 g/mol. The van der Waals surface area contributed by atoms with Crippen molar-refractivity contribution in [3.05, 3.63) is 10.0 Å². The van der Waals surface area contributed by atoms with Crippen LogP contribution in [0.5, 0.6) is 0 Å². The van der Waals surface area contributed by atoms with E-state index < -0.39 is 12.0 Å². The molecule has 0 amide bonds. The number of hydrogen-bond acceptors (Lipinski definition) is 5. The third kappa shape index (κ3) is 2.74. The van der Waals surface area contributed by atoms with E-state index in [2.05, 4.69) is 10.2 Å². The quantitative estimate of drug-likeness (QED) is 0.718. The van der Waals surface area contributed by atoms with Crippen LogP contribution >= 0.6 is 11.3 Å². The van der Waals surface area contributed by atoms with E-state index in [1.165, 1.54) is 11.3 Å². The Morgan fingerprint density at radius 2 is 2.23 bits per heavy atom. The highest BCUT2D eigenvalue weighted by Gasteiger charge is 2.14. The summed E-state index contributed by atoms with van der Waals surface area (Å²) in [4.78, 5) is 10.4. The van der Waals surface area contributed by atoms with Gasteiger partial charge in [0.05, 0.1) is 0 Å². The van der Waals surface area contributed by atoms with Gasteiger partial charge in [0, 0.05) is 6.42 Å². The van der Waals surface area contributed by atoms with Gasteiger partial charge in [0.2, 0.25) is 0 Å². The molecule has 0 fully saturated rings. The first kappa shape index (κ1) is 10.1. The van der Waals surface area contributed by atoms with Crippen molar-refractivity contribution in [2.24, 2.45) is 5.73 Å². The molecule has 0 radical (unpaired) electrons. The van der Waals surface area contributed by atoms with Crippen LogP contribution in [0.25, 0.3) is 0 Å². The maximum Gasteiger partial charge on any atom is 0.320 e. The minimum atomic E-state index is -1.01. The van der Waals surface area contributed by atoms with Crippen LogP contribution in [0, 0.1) is 0 Å². The summed E-state index contributed by atoms with van der Waals surface area (Å²) in [5.74, 6) is -1.01. The first-order valence-electron chi connectivity index (χ1n) is 3.93. The van der Waals surface area contributed by atoms with Gasteiger partial charge in [-0.05, 0) is 6.42 Å². The van der Waals surface area contributed by atoms with Gasteiger partial charge in [-0.3, -0.25) is 4.79 Å². The third-order valence-electron chi connectivity index (χ3n) is 1.52. The molecule has 0 aliphatic rings. The molecule has 0 spiro atoms. The molecule has 0 saturated heterocycles. The molecule has 13 heavy (non-hydrogen) atoms. The zero-order valence-corrected chi connectivity index (χ0v) is 8.04. The fourth-order valence-electron chi connectivity index (χ4n) is 0.789. The van der Waals surface area contributed by atoms with Gasteiger partial charge in [-0.25, -0.2) is 0 Å². The number of carboxylic acids is 1. The van der Waals surface area contributed by atoms with Crippen LogP contribution in [0.15, 0.2) is 0 Å². The van der Waals surface area contributed by atoms with Gasteiger partial charge in [0.25, 0.3) is 0 Å². The number of hydrogen-bond donors (Lipinski definition) is 2. The molecule has 1 aromatic rings. The maximum absolute atomic E-state index is 10.4. The van der Waals surface area contributed by atoms with Crippen molar-refractivity contribution in [2.45, 2.75) is 25.8 Å². The van der Waals surface area contributed by atoms with Gasteiger partial charge in [0.1, 0.15) is 16.1 Å². The minimum absolute atomic E-state index is 0.257. The van der Waals surface area contributed by atoms with Crippen LogP contribution < -0.4 is 5.73 Å². The Morgan fingerprint density at radius 3 is 2.69 bits per heavy atom. The van der Waals surface area contributed by atoms with Gasteiger partial charge in [-0.2, -0.15) is 0 Å². The molecule has 0 saturated carbocycles. The molecule has 1 atom stereocenters. The number of aromatic nitrogens is 2. The number of nitrogens with zero attached hydrogens (tertiary/aromatic N) is 2. The maximum atomic E-state index is 10.4. The average molecular weight is 201 g/mol. The topological polar surface area (TPSA) is 89.1 Å². The second kappa shape index (κ2) is 4.29. The van der Waals surface area contributed by atoms with E-state index in [0.29, 0.717) is 5.01 Å². The van der Waals surface area contributed by atoms with E-state index in [1.807, 2.05) is 6.92 Å². The smallest absolute Gasteiger partial charge is 0.320 e. The first-order valence-corrected chi connectivity index (χ1v) is 4.74. The largest absolute Gasteiger partial charge is 0.480 e. The third-order valence-corrected chi connectivity index (χ3v) is 2.61. The molecule has 72 valence electrons. The lowest BCUT2D eigenvalue weighted by Crippen LogP contribution is -2.32. The molecule has 1 aromatic heterocycles. The van der Waals surface area contributed by atoms with Gasteiger partial charge in [-0.1, -0.05) is 6.92 Å². The summed E-state index contributed by atoms with van der Waals surface area (Å²) in [6.07, 6.45) is 1.08. The molecule has 5 nitrogen and oxygen atoms in total. The van der Waals surface area contributed by atoms with E-state index in [-0.39, 0.29) is 6.42 Å². The number of nitrogens with two attached hydrogens (primary N) is 1. The van der Waals surface area contributed by atoms with E-state index in [9.17, 15) is 4.79 Å². The first-order chi connectivity index (χ1) is 6.13. The second-order valence-corrected chi connectivity index (χ2v) is 3.74. The van der Waals surface area contributed by atoms with Crippen molar-refractivity contribution in [2.75, 3.05) is 0 Å².